The maximum absolute atomic E-state index is 5.75. The fraction of sp³-hybridized carbons (Fsp3) is 0.571. The van der Waals surface area contributed by atoms with E-state index in [4.69, 9.17) is 15.2 Å². The fourth-order valence-electron chi connectivity index (χ4n) is 2.12. The van der Waals surface area contributed by atoms with Crippen LogP contribution in [0.25, 0.3) is 0 Å². The van der Waals surface area contributed by atoms with Gasteiger partial charge in [0.2, 0.25) is 0 Å². The predicted octanol–water partition coefficient (Wildman–Crippen LogP) is 2.98. The second-order valence-electron chi connectivity index (χ2n) is 4.71. The van der Waals surface area contributed by atoms with Crippen LogP contribution in [0.2, 0.25) is 0 Å². The minimum Gasteiger partial charge on any atom is -0.496 e. The van der Waals surface area contributed by atoms with E-state index < -0.39 is 0 Å². The highest BCUT2D eigenvalue weighted by Gasteiger charge is 2.16. The zero-order valence-corrected chi connectivity index (χ0v) is 10.4. The van der Waals surface area contributed by atoms with Gasteiger partial charge in [-0.3, -0.25) is 0 Å². The van der Waals surface area contributed by atoms with Crippen LogP contribution in [0.4, 0.5) is 5.69 Å². The van der Waals surface area contributed by atoms with Gasteiger partial charge in [-0.25, -0.2) is 0 Å². The molecule has 1 aliphatic rings. The van der Waals surface area contributed by atoms with Crippen molar-refractivity contribution in [1.82, 2.24) is 0 Å². The van der Waals surface area contributed by atoms with E-state index in [0.717, 1.165) is 29.5 Å². The smallest absolute Gasteiger partial charge is 0.124 e. The summed E-state index contributed by atoms with van der Waals surface area (Å²) in [6.45, 7) is 1.42. The Morgan fingerprint density at radius 3 is 2.82 bits per heavy atom. The normalized spacial score (nSPS) is 15.6. The van der Waals surface area contributed by atoms with Gasteiger partial charge < -0.3 is 15.2 Å². The molecule has 1 aliphatic carbocycles. The molecule has 3 nitrogen and oxygen atoms in total. The molecular formula is C14H21NO2. The Balaban J connectivity index is 1.78. The van der Waals surface area contributed by atoms with Crippen molar-refractivity contribution in [2.75, 3.05) is 19.5 Å². The first-order chi connectivity index (χ1) is 8.29. The van der Waals surface area contributed by atoms with Crippen LogP contribution in [0, 0.1) is 5.92 Å². The lowest BCUT2D eigenvalue weighted by molar-refractivity contribution is 0.0936. The molecule has 0 atom stereocenters. The summed E-state index contributed by atoms with van der Waals surface area (Å²) in [6.07, 6.45) is 5.34. The lowest BCUT2D eigenvalue weighted by Gasteiger charge is -2.24. The van der Waals surface area contributed by atoms with E-state index in [1.165, 1.54) is 25.7 Å². The van der Waals surface area contributed by atoms with E-state index in [1.807, 2.05) is 18.2 Å². The molecule has 1 fully saturated rings. The van der Waals surface area contributed by atoms with Crippen LogP contribution >= 0.6 is 0 Å². The van der Waals surface area contributed by atoms with Gasteiger partial charge >= 0.3 is 0 Å². The van der Waals surface area contributed by atoms with Crippen LogP contribution in [0.15, 0.2) is 18.2 Å². The molecule has 0 bridgehead atoms. The summed E-state index contributed by atoms with van der Waals surface area (Å²) in [7, 11) is 1.67. The van der Waals surface area contributed by atoms with E-state index in [-0.39, 0.29) is 0 Å². The highest BCUT2D eigenvalue weighted by atomic mass is 16.5. The van der Waals surface area contributed by atoms with Crippen molar-refractivity contribution in [3.63, 3.8) is 0 Å². The van der Waals surface area contributed by atoms with Gasteiger partial charge in [0.25, 0.3) is 0 Å². The number of hydrogen-bond donors (Lipinski definition) is 1. The zero-order valence-electron chi connectivity index (χ0n) is 10.4. The molecule has 2 N–H and O–H groups in total. The molecule has 0 amide bonds. The number of nitrogens with two attached hydrogens (primary N) is 1. The molecule has 17 heavy (non-hydrogen) atoms. The monoisotopic (exact) mass is 235 g/mol. The lowest BCUT2D eigenvalue weighted by atomic mass is 9.83. The van der Waals surface area contributed by atoms with Gasteiger partial charge in [-0.15, -0.1) is 0 Å². The Hall–Kier alpha value is -1.22. The van der Waals surface area contributed by atoms with E-state index >= 15 is 0 Å². The summed E-state index contributed by atoms with van der Waals surface area (Å²) in [4.78, 5) is 0. The van der Waals surface area contributed by atoms with Gasteiger partial charge in [0.15, 0.2) is 0 Å². The standard InChI is InChI=1S/C14H21NO2/c1-16-14-6-5-13(15)9-12(14)10-17-8-7-11-3-2-4-11/h5-6,9,11H,2-4,7-8,10,15H2,1H3. The minimum atomic E-state index is 0.584. The van der Waals surface area contributed by atoms with Gasteiger partial charge in [-0.2, -0.15) is 0 Å². The van der Waals surface area contributed by atoms with Crippen molar-refractivity contribution >= 4 is 5.69 Å². The largest absolute Gasteiger partial charge is 0.496 e. The van der Waals surface area contributed by atoms with Gasteiger partial charge in [-0.1, -0.05) is 19.3 Å². The summed E-state index contributed by atoms with van der Waals surface area (Å²) < 4.78 is 11.0. The van der Waals surface area contributed by atoms with Gasteiger partial charge in [0.05, 0.1) is 13.7 Å². The zero-order chi connectivity index (χ0) is 12.1. The predicted molar refractivity (Wildman–Crippen MR) is 69.0 cm³/mol. The van der Waals surface area contributed by atoms with Crippen molar-refractivity contribution < 1.29 is 9.47 Å². The molecule has 2 rings (SSSR count). The van der Waals surface area contributed by atoms with Crippen LogP contribution in [0.5, 0.6) is 5.75 Å². The third kappa shape index (κ3) is 3.37. The Labute approximate surface area is 103 Å². The Kier molecular flexibility index (Phi) is 4.26. The van der Waals surface area contributed by atoms with E-state index in [9.17, 15) is 0 Å². The Morgan fingerprint density at radius 2 is 2.18 bits per heavy atom. The van der Waals surface area contributed by atoms with Crippen molar-refractivity contribution in [2.45, 2.75) is 32.3 Å². The van der Waals surface area contributed by atoms with Crippen molar-refractivity contribution in [3.8, 4) is 5.75 Å². The van der Waals surface area contributed by atoms with E-state index in [0.29, 0.717) is 6.61 Å². The number of rotatable bonds is 6. The Bertz CT molecular complexity index is 361. The van der Waals surface area contributed by atoms with Gasteiger partial charge in [0, 0.05) is 17.9 Å². The first-order valence-corrected chi connectivity index (χ1v) is 6.29. The summed E-state index contributed by atoms with van der Waals surface area (Å²) in [6, 6.07) is 5.65. The second-order valence-corrected chi connectivity index (χ2v) is 4.71. The molecular weight excluding hydrogens is 214 g/mol. The maximum atomic E-state index is 5.75. The third-order valence-corrected chi connectivity index (χ3v) is 3.46. The van der Waals surface area contributed by atoms with Crippen molar-refractivity contribution in [2.24, 2.45) is 5.92 Å². The van der Waals surface area contributed by atoms with Gasteiger partial charge in [-0.05, 0) is 30.5 Å². The van der Waals surface area contributed by atoms with E-state index in [1.54, 1.807) is 7.11 Å². The fourth-order valence-corrected chi connectivity index (χ4v) is 2.12. The number of benzene rings is 1. The quantitative estimate of drug-likeness (QED) is 0.609. The second kappa shape index (κ2) is 5.92. The number of ether oxygens (including phenoxy) is 2. The number of methoxy groups -OCH3 is 1. The highest BCUT2D eigenvalue weighted by molar-refractivity contribution is 5.47. The van der Waals surface area contributed by atoms with Gasteiger partial charge in [0.1, 0.15) is 5.75 Å². The first-order valence-electron chi connectivity index (χ1n) is 6.29. The van der Waals surface area contributed by atoms with Crippen LogP contribution in [-0.4, -0.2) is 13.7 Å². The van der Waals surface area contributed by atoms with Crippen LogP contribution in [0.3, 0.4) is 0 Å². The highest BCUT2D eigenvalue weighted by Crippen LogP contribution is 2.29. The number of hydrogen-bond acceptors (Lipinski definition) is 3. The van der Waals surface area contributed by atoms with Crippen LogP contribution in [-0.2, 0) is 11.3 Å². The Morgan fingerprint density at radius 1 is 1.35 bits per heavy atom. The molecule has 0 aromatic heterocycles. The molecule has 1 saturated carbocycles. The number of nitrogen functional groups attached to an aromatic ring is 1. The molecule has 94 valence electrons. The van der Waals surface area contributed by atoms with E-state index in [2.05, 4.69) is 0 Å². The molecule has 0 unspecified atom stereocenters. The average molecular weight is 235 g/mol. The molecule has 3 heteroatoms. The lowest BCUT2D eigenvalue weighted by Crippen LogP contribution is -2.13. The number of anilines is 1. The third-order valence-electron chi connectivity index (χ3n) is 3.46. The molecule has 1 aromatic rings. The van der Waals surface area contributed by atoms with Crippen molar-refractivity contribution in [1.29, 1.82) is 0 Å². The summed E-state index contributed by atoms with van der Waals surface area (Å²) >= 11 is 0. The summed E-state index contributed by atoms with van der Waals surface area (Å²) in [5.74, 6) is 1.75. The molecule has 0 spiro atoms. The maximum Gasteiger partial charge on any atom is 0.124 e. The molecule has 0 heterocycles. The topological polar surface area (TPSA) is 44.5 Å². The first kappa shape index (κ1) is 12.2. The molecule has 0 radical (unpaired) electrons. The minimum absolute atomic E-state index is 0.584. The molecule has 1 aromatic carbocycles. The SMILES string of the molecule is COc1ccc(N)cc1COCCC1CCC1. The van der Waals surface area contributed by atoms with Crippen LogP contribution in [0.1, 0.15) is 31.2 Å². The summed E-state index contributed by atoms with van der Waals surface area (Å²) in [5.41, 5.74) is 7.54. The molecule has 0 saturated heterocycles. The van der Waals surface area contributed by atoms with Crippen molar-refractivity contribution in [3.05, 3.63) is 23.8 Å². The van der Waals surface area contributed by atoms with Crippen LogP contribution < -0.4 is 10.5 Å². The molecule has 0 aliphatic heterocycles. The summed E-state index contributed by atoms with van der Waals surface area (Å²) in [5, 5.41) is 0. The average Bonchev–Trinajstić information content (AvgIpc) is 2.26.